The van der Waals surface area contributed by atoms with Crippen molar-refractivity contribution in [2.24, 2.45) is 5.92 Å². The number of benzene rings is 2. The molecule has 2 rings (SSSR count). The molecular weight excluding hydrogens is 447 g/mol. The van der Waals surface area contributed by atoms with Crippen LogP contribution in [0.1, 0.15) is 43.9 Å². The van der Waals surface area contributed by atoms with E-state index in [1.54, 1.807) is 23.1 Å². The van der Waals surface area contributed by atoms with E-state index in [9.17, 15) is 9.59 Å². The Labute approximate surface area is 201 Å². The van der Waals surface area contributed by atoms with Crippen LogP contribution in [0.4, 0.5) is 0 Å². The third-order valence-corrected chi connectivity index (χ3v) is 6.11. The number of aryl methyl sites for hydroxylation is 2. The number of rotatable bonds is 10. The van der Waals surface area contributed by atoms with Gasteiger partial charge in [0.2, 0.25) is 5.91 Å². The Kier molecular flexibility index (Phi) is 9.85. The monoisotopic (exact) mass is 478 g/mol. The summed E-state index contributed by atoms with van der Waals surface area (Å²) in [5, 5.41) is 4.17. The zero-order valence-electron chi connectivity index (χ0n) is 19.4. The van der Waals surface area contributed by atoms with Crippen LogP contribution in [0.5, 0.6) is 5.75 Å². The molecule has 174 valence electrons. The van der Waals surface area contributed by atoms with E-state index in [1.165, 1.54) is 0 Å². The average molecular weight is 479 g/mol. The fourth-order valence-electron chi connectivity index (χ4n) is 3.37. The maximum atomic E-state index is 13.3. The molecule has 0 heterocycles. The van der Waals surface area contributed by atoms with Crippen LogP contribution in [0.25, 0.3) is 0 Å². The molecule has 32 heavy (non-hydrogen) atoms. The SMILES string of the molecule is CCC(C(=O)NCC(C)C)N(Cc1ccccc1Cl)C(=O)COc1cc(C)c(Cl)c(C)c1. The molecule has 0 bridgehead atoms. The van der Waals surface area contributed by atoms with Gasteiger partial charge >= 0.3 is 0 Å². The minimum atomic E-state index is -0.630. The van der Waals surface area contributed by atoms with Crippen molar-refractivity contribution in [3.05, 3.63) is 63.1 Å². The molecule has 0 aliphatic carbocycles. The van der Waals surface area contributed by atoms with E-state index >= 15 is 0 Å². The van der Waals surface area contributed by atoms with Crippen LogP contribution in [0.2, 0.25) is 10.0 Å². The first-order chi connectivity index (χ1) is 15.1. The lowest BCUT2D eigenvalue weighted by molar-refractivity contribution is -0.143. The second-order valence-corrected chi connectivity index (χ2v) is 9.12. The molecular formula is C25H32Cl2N2O3. The van der Waals surface area contributed by atoms with E-state index in [1.807, 2.05) is 52.8 Å². The maximum absolute atomic E-state index is 13.3. The van der Waals surface area contributed by atoms with Gasteiger partial charge in [0.05, 0.1) is 0 Å². The lowest BCUT2D eigenvalue weighted by Crippen LogP contribution is -2.50. The summed E-state index contributed by atoms with van der Waals surface area (Å²) in [6, 6.07) is 10.3. The first-order valence-electron chi connectivity index (χ1n) is 10.8. The molecule has 1 N–H and O–H groups in total. The van der Waals surface area contributed by atoms with Crippen molar-refractivity contribution < 1.29 is 14.3 Å². The van der Waals surface area contributed by atoms with E-state index in [2.05, 4.69) is 5.32 Å². The Morgan fingerprint density at radius 2 is 1.72 bits per heavy atom. The highest BCUT2D eigenvalue weighted by atomic mass is 35.5. The second-order valence-electron chi connectivity index (χ2n) is 8.34. The van der Waals surface area contributed by atoms with Crippen molar-refractivity contribution in [3.8, 4) is 5.75 Å². The van der Waals surface area contributed by atoms with Gasteiger partial charge in [0.15, 0.2) is 6.61 Å². The molecule has 0 saturated heterocycles. The Bertz CT molecular complexity index is 924. The lowest BCUT2D eigenvalue weighted by Gasteiger charge is -2.31. The van der Waals surface area contributed by atoms with Gasteiger partial charge in [0.1, 0.15) is 11.8 Å². The summed E-state index contributed by atoms with van der Waals surface area (Å²) >= 11 is 12.6. The Morgan fingerprint density at radius 1 is 1.09 bits per heavy atom. The zero-order valence-corrected chi connectivity index (χ0v) is 20.9. The first-order valence-corrected chi connectivity index (χ1v) is 11.6. The number of nitrogens with one attached hydrogen (secondary N) is 1. The molecule has 2 aromatic rings. The summed E-state index contributed by atoms with van der Waals surface area (Å²) in [6.07, 6.45) is 0.472. The number of ether oxygens (including phenoxy) is 1. The van der Waals surface area contributed by atoms with Crippen LogP contribution < -0.4 is 10.1 Å². The topological polar surface area (TPSA) is 58.6 Å². The molecule has 2 aromatic carbocycles. The molecule has 1 unspecified atom stereocenters. The number of carbonyl (C=O) groups is 2. The molecule has 0 radical (unpaired) electrons. The van der Waals surface area contributed by atoms with E-state index in [-0.39, 0.29) is 25.0 Å². The second kappa shape index (κ2) is 12.1. The first kappa shape index (κ1) is 26.0. The van der Waals surface area contributed by atoms with Crippen LogP contribution in [0, 0.1) is 19.8 Å². The average Bonchev–Trinajstić information content (AvgIpc) is 2.75. The van der Waals surface area contributed by atoms with Crippen molar-refractivity contribution in [1.29, 1.82) is 0 Å². The van der Waals surface area contributed by atoms with Gasteiger partial charge in [-0.15, -0.1) is 0 Å². The molecule has 0 saturated carbocycles. The van der Waals surface area contributed by atoms with Crippen LogP contribution >= 0.6 is 23.2 Å². The predicted octanol–water partition coefficient (Wildman–Crippen LogP) is 5.57. The number of hydrogen-bond donors (Lipinski definition) is 1. The molecule has 2 amide bonds. The van der Waals surface area contributed by atoms with Crippen LogP contribution in [0.15, 0.2) is 36.4 Å². The minimum absolute atomic E-state index is 0.181. The Morgan fingerprint density at radius 3 is 2.28 bits per heavy atom. The summed E-state index contributed by atoms with van der Waals surface area (Å²) in [5.41, 5.74) is 2.53. The van der Waals surface area contributed by atoms with Crippen LogP contribution in [0.3, 0.4) is 0 Å². The molecule has 0 spiro atoms. The van der Waals surface area contributed by atoms with Crippen molar-refractivity contribution in [2.75, 3.05) is 13.2 Å². The summed E-state index contributed by atoms with van der Waals surface area (Å²) < 4.78 is 5.79. The fraction of sp³-hybridized carbons (Fsp3) is 0.440. The molecule has 0 fully saturated rings. The Balaban J connectivity index is 2.24. The largest absolute Gasteiger partial charge is 0.484 e. The van der Waals surface area contributed by atoms with Gasteiger partial charge in [-0.25, -0.2) is 0 Å². The molecule has 1 atom stereocenters. The normalized spacial score (nSPS) is 11.9. The summed E-state index contributed by atoms with van der Waals surface area (Å²) in [6.45, 7) is 10.3. The van der Waals surface area contributed by atoms with Gasteiger partial charge in [-0.3, -0.25) is 9.59 Å². The lowest BCUT2D eigenvalue weighted by atomic mass is 10.1. The predicted molar refractivity (Wildman–Crippen MR) is 130 cm³/mol. The van der Waals surface area contributed by atoms with Crippen molar-refractivity contribution in [2.45, 2.75) is 53.6 Å². The number of carbonyl (C=O) groups excluding carboxylic acids is 2. The molecule has 7 heteroatoms. The standard InChI is InChI=1S/C25H32Cl2N2O3/c1-6-22(25(31)28-13-16(2)3)29(14-19-9-7-8-10-21(19)26)23(30)15-32-20-11-17(4)24(27)18(5)12-20/h7-12,16,22H,6,13-15H2,1-5H3,(H,28,31). The van der Waals surface area contributed by atoms with Gasteiger partial charge in [0, 0.05) is 23.1 Å². The van der Waals surface area contributed by atoms with Gasteiger partial charge in [-0.05, 0) is 61.1 Å². The van der Waals surface area contributed by atoms with E-state index in [0.29, 0.717) is 34.7 Å². The van der Waals surface area contributed by atoms with Crippen molar-refractivity contribution in [1.82, 2.24) is 10.2 Å². The highest BCUT2D eigenvalue weighted by Gasteiger charge is 2.29. The van der Waals surface area contributed by atoms with Gasteiger partial charge in [-0.2, -0.15) is 0 Å². The van der Waals surface area contributed by atoms with Crippen LogP contribution in [-0.4, -0.2) is 35.9 Å². The third kappa shape index (κ3) is 7.14. The number of halogens is 2. The van der Waals surface area contributed by atoms with Gasteiger partial charge < -0.3 is 15.0 Å². The smallest absolute Gasteiger partial charge is 0.261 e. The Hall–Kier alpha value is -2.24. The molecule has 0 aromatic heterocycles. The van der Waals surface area contributed by atoms with Gasteiger partial charge in [-0.1, -0.05) is 62.2 Å². The van der Waals surface area contributed by atoms with Crippen LogP contribution in [-0.2, 0) is 16.1 Å². The molecule has 5 nitrogen and oxygen atoms in total. The number of hydrogen-bond acceptors (Lipinski definition) is 3. The minimum Gasteiger partial charge on any atom is -0.484 e. The van der Waals surface area contributed by atoms with E-state index < -0.39 is 6.04 Å². The highest BCUT2D eigenvalue weighted by Crippen LogP contribution is 2.26. The quantitative estimate of drug-likeness (QED) is 0.485. The summed E-state index contributed by atoms with van der Waals surface area (Å²) in [5.74, 6) is 0.401. The number of amides is 2. The third-order valence-electron chi connectivity index (χ3n) is 5.14. The number of nitrogens with zero attached hydrogens (tertiary/aromatic N) is 1. The van der Waals surface area contributed by atoms with Crippen molar-refractivity contribution in [3.63, 3.8) is 0 Å². The van der Waals surface area contributed by atoms with E-state index in [0.717, 1.165) is 16.7 Å². The summed E-state index contributed by atoms with van der Waals surface area (Å²) in [7, 11) is 0. The van der Waals surface area contributed by atoms with Crippen molar-refractivity contribution >= 4 is 35.0 Å². The highest BCUT2D eigenvalue weighted by molar-refractivity contribution is 6.32. The summed E-state index contributed by atoms with van der Waals surface area (Å²) in [4.78, 5) is 27.7. The zero-order chi connectivity index (χ0) is 23.8. The maximum Gasteiger partial charge on any atom is 0.261 e. The molecule has 0 aliphatic heterocycles. The van der Waals surface area contributed by atoms with Gasteiger partial charge in [0.25, 0.3) is 5.91 Å². The van der Waals surface area contributed by atoms with E-state index in [4.69, 9.17) is 27.9 Å². The fourth-order valence-corrected chi connectivity index (χ4v) is 3.67. The molecule has 0 aliphatic rings.